The van der Waals surface area contributed by atoms with Crippen molar-refractivity contribution in [2.24, 2.45) is 0 Å². The average Bonchev–Trinajstić information content (AvgIpc) is 2.54. The van der Waals surface area contributed by atoms with Crippen LogP contribution in [0.4, 0.5) is 8.78 Å². The van der Waals surface area contributed by atoms with E-state index in [1.54, 1.807) is 18.2 Å². The number of aryl methyl sites for hydroxylation is 1. The lowest BCUT2D eigenvalue weighted by atomic mass is 9.86. The summed E-state index contributed by atoms with van der Waals surface area (Å²) in [5.74, 6) is -0.680. The third-order valence-electron chi connectivity index (χ3n) is 4.18. The van der Waals surface area contributed by atoms with Crippen molar-refractivity contribution in [1.82, 2.24) is 0 Å². The van der Waals surface area contributed by atoms with E-state index in [1.165, 1.54) is 6.07 Å². The molecule has 0 fully saturated rings. The normalized spacial score (nSPS) is 13.3. The van der Waals surface area contributed by atoms with Crippen molar-refractivity contribution in [3.8, 4) is 6.07 Å². The predicted octanol–water partition coefficient (Wildman–Crippen LogP) is 4.58. The quantitative estimate of drug-likeness (QED) is 0.795. The van der Waals surface area contributed by atoms with Gasteiger partial charge < -0.3 is 0 Å². The zero-order chi connectivity index (χ0) is 15.7. The molecule has 0 spiro atoms. The lowest BCUT2D eigenvalue weighted by Crippen LogP contribution is -2.07. The van der Waals surface area contributed by atoms with Gasteiger partial charge in [0.25, 0.3) is 0 Å². The Morgan fingerprint density at radius 1 is 1.18 bits per heavy atom. The van der Waals surface area contributed by atoms with E-state index >= 15 is 0 Å². The first-order valence-electron chi connectivity index (χ1n) is 7.32. The van der Waals surface area contributed by atoms with Gasteiger partial charge in [-0.3, -0.25) is 0 Å². The van der Waals surface area contributed by atoms with Gasteiger partial charge in [-0.15, -0.1) is 0 Å². The first-order valence-corrected chi connectivity index (χ1v) is 7.32. The molecule has 1 nitrogen and oxygen atoms in total. The molecule has 0 aliphatic heterocycles. The fourth-order valence-electron chi connectivity index (χ4n) is 2.88. The van der Waals surface area contributed by atoms with Crippen LogP contribution in [-0.4, -0.2) is 0 Å². The summed E-state index contributed by atoms with van der Waals surface area (Å²) in [6, 6.07) is 10.4. The van der Waals surface area contributed by atoms with E-state index in [2.05, 4.69) is 0 Å². The maximum atomic E-state index is 14.2. The van der Waals surface area contributed by atoms with Crippen LogP contribution in [0.5, 0.6) is 0 Å². The highest BCUT2D eigenvalue weighted by molar-refractivity contribution is 5.71. The number of hydrogen-bond acceptors (Lipinski definition) is 1. The van der Waals surface area contributed by atoms with Crippen molar-refractivity contribution < 1.29 is 8.78 Å². The highest BCUT2D eigenvalue weighted by Gasteiger charge is 2.19. The van der Waals surface area contributed by atoms with Crippen LogP contribution >= 0.6 is 0 Å². The third kappa shape index (κ3) is 2.42. The number of nitriles is 1. The van der Waals surface area contributed by atoms with E-state index in [9.17, 15) is 8.78 Å². The molecule has 2 aromatic carbocycles. The molecule has 0 atom stereocenters. The van der Waals surface area contributed by atoms with Crippen molar-refractivity contribution >= 4 is 5.57 Å². The first kappa shape index (κ1) is 14.5. The van der Waals surface area contributed by atoms with Crippen LogP contribution < -0.4 is 0 Å². The van der Waals surface area contributed by atoms with Crippen LogP contribution in [0.15, 0.2) is 36.4 Å². The van der Waals surface area contributed by atoms with Gasteiger partial charge in [-0.2, -0.15) is 5.26 Å². The average molecular weight is 295 g/mol. The van der Waals surface area contributed by atoms with Crippen molar-refractivity contribution in [3.05, 3.63) is 75.9 Å². The zero-order valence-electron chi connectivity index (χ0n) is 12.3. The molecular formula is C19H15F2N. The molecular weight excluding hydrogens is 280 g/mol. The van der Waals surface area contributed by atoms with Gasteiger partial charge in [0.1, 0.15) is 17.7 Å². The summed E-state index contributed by atoms with van der Waals surface area (Å²) in [5, 5.41) is 8.88. The highest BCUT2D eigenvalue weighted by atomic mass is 19.1. The summed E-state index contributed by atoms with van der Waals surface area (Å²) in [7, 11) is 0. The Morgan fingerprint density at radius 2 is 2.00 bits per heavy atom. The number of halogens is 2. The number of benzene rings is 2. The Bertz CT molecular complexity index is 813. The minimum atomic E-state index is -0.447. The van der Waals surface area contributed by atoms with Crippen molar-refractivity contribution in [2.45, 2.75) is 26.2 Å². The van der Waals surface area contributed by atoms with E-state index in [-0.39, 0.29) is 11.4 Å². The van der Waals surface area contributed by atoms with Crippen LogP contribution in [0.25, 0.3) is 5.57 Å². The predicted molar refractivity (Wildman–Crippen MR) is 82.3 cm³/mol. The van der Waals surface area contributed by atoms with E-state index in [4.69, 9.17) is 5.26 Å². The maximum Gasteiger partial charge on any atom is 0.144 e. The summed E-state index contributed by atoms with van der Waals surface area (Å²) in [6.45, 7) is 1.99. The van der Waals surface area contributed by atoms with E-state index in [0.29, 0.717) is 24.0 Å². The molecule has 1 aliphatic carbocycles. The van der Waals surface area contributed by atoms with Crippen molar-refractivity contribution in [1.29, 1.82) is 5.26 Å². The molecule has 0 amide bonds. The SMILES string of the molecule is CCc1ccc(C2=CCc3c(ccc(C#N)c3F)C2)c(F)c1. The fourth-order valence-corrected chi connectivity index (χ4v) is 2.88. The molecule has 1 aliphatic rings. The molecule has 3 heteroatoms. The van der Waals surface area contributed by atoms with Gasteiger partial charge >= 0.3 is 0 Å². The number of fused-ring (bicyclic) bond motifs is 1. The zero-order valence-corrected chi connectivity index (χ0v) is 12.3. The van der Waals surface area contributed by atoms with Crippen LogP contribution in [0.1, 0.15) is 34.7 Å². The summed E-state index contributed by atoms with van der Waals surface area (Å²) in [6.07, 6.45) is 3.53. The second-order valence-electron chi connectivity index (χ2n) is 5.45. The van der Waals surface area contributed by atoms with Crippen LogP contribution in [0.2, 0.25) is 0 Å². The molecule has 0 radical (unpaired) electrons. The molecule has 0 bridgehead atoms. The molecule has 0 saturated carbocycles. The van der Waals surface area contributed by atoms with Gasteiger partial charge in [0.2, 0.25) is 0 Å². The minimum absolute atomic E-state index is 0.0640. The van der Waals surface area contributed by atoms with Gasteiger partial charge in [-0.25, -0.2) is 8.78 Å². The van der Waals surface area contributed by atoms with E-state index < -0.39 is 5.82 Å². The molecule has 2 aromatic rings. The van der Waals surface area contributed by atoms with Crippen LogP contribution in [0.3, 0.4) is 0 Å². The van der Waals surface area contributed by atoms with Crippen LogP contribution in [-0.2, 0) is 19.3 Å². The van der Waals surface area contributed by atoms with Gasteiger partial charge in [0.15, 0.2) is 0 Å². The number of hydrogen-bond donors (Lipinski definition) is 0. The Morgan fingerprint density at radius 3 is 2.68 bits per heavy atom. The molecule has 0 heterocycles. The molecule has 0 N–H and O–H groups in total. The number of rotatable bonds is 2. The van der Waals surface area contributed by atoms with Crippen molar-refractivity contribution in [3.63, 3.8) is 0 Å². The Labute approximate surface area is 128 Å². The fraction of sp³-hybridized carbons (Fsp3) is 0.211. The highest BCUT2D eigenvalue weighted by Crippen LogP contribution is 2.31. The topological polar surface area (TPSA) is 23.8 Å². The third-order valence-corrected chi connectivity index (χ3v) is 4.18. The lowest BCUT2D eigenvalue weighted by Gasteiger charge is -2.19. The molecule has 3 rings (SSSR count). The summed E-state index contributed by atoms with van der Waals surface area (Å²) in [5.41, 5.74) is 3.85. The molecule has 0 unspecified atom stereocenters. The Hall–Kier alpha value is -2.47. The second kappa shape index (κ2) is 5.73. The summed E-state index contributed by atoms with van der Waals surface area (Å²) < 4.78 is 28.4. The van der Waals surface area contributed by atoms with Crippen molar-refractivity contribution in [2.75, 3.05) is 0 Å². The van der Waals surface area contributed by atoms with E-state index in [1.807, 2.05) is 25.1 Å². The summed E-state index contributed by atoms with van der Waals surface area (Å²) >= 11 is 0. The monoisotopic (exact) mass is 295 g/mol. The second-order valence-corrected chi connectivity index (χ2v) is 5.45. The first-order chi connectivity index (χ1) is 10.6. The molecule has 22 heavy (non-hydrogen) atoms. The Balaban J connectivity index is 1.97. The van der Waals surface area contributed by atoms with Gasteiger partial charge in [-0.05, 0) is 53.7 Å². The maximum absolute atomic E-state index is 14.2. The number of nitrogens with zero attached hydrogens (tertiary/aromatic N) is 1. The molecule has 0 saturated heterocycles. The smallest absolute Gasteiger partial charge is 0.144 e. The largest absolute Gasteiger partial charge is 0.206 e. The lowest BCUT2D eigenvalue weighted by molar-refractivity contribution is 0.606. The molecule has 0 aromatic heterocycles. The number of allylic oxidation sites excluding steroid dienone is 2. The van der Waals surface area contributed by atoms with Crippen LogP contribution in [0, 0.1) is 23.0 Å². The summed E-state index contributed by atoms with van der Waals surface area (Å²) in [4.78, 5) is 0. The van der Waals surface area contributed by atoms with E-state index in [0.717, 1.165) is 23.1 Å². The minimum Gasteiger partial charge on any atom is -0.206 e. The van der Waals surface area contributed by atoms with Gasteiger partial charge in [0, 0.05) is 5.56 Å². The Kier molecular flexibility index (Phi) is 3.77. The van der Waals surface area contributed by atoms with Gasteiger partial charge in [-0.1, -0.05) is 31.2 Å². The standard InChI is InChI=1S/C19H15F2N/c1-2-12-3-7-16(18(20)9-12)13-6-8-17-14(10-13)4-5-15(11-22)19(17)21/h3-7,9H,2,8,10H2,1H3. The van der Waals surface area contributed by atoms with Gasteiger partial charge in [0.05, 0.1) is 5.56 Å². The molecule has 110 valence electrons.